The average Bonchev–Trinajstić information content (AvgIpc) is 3.11. The molecule has 0 aromatic carbocycles. The highest BCUT2D eigenvalue weighted by Crippen LogP contribution is 2.46. The number of amides is 1. The van der Waals surface area contributed by atoms with Crippen LogP contribution in [0.25, 0.3) is 0 Å². The zero-order valence-electron chi connectivity index (χ0n) is 10.6. The van der Waals surface area contributed by atoms with Crippen molar-refractivity contribution in [3.63, 3.8) is 0 Å². The minimum atomic E-state index is -1.14. The molecular formula is C12H20N2O4. The summed E-state index contributed by atoms with van der Waals surface area (Å²) < 4.78 is 5.25. The number of hydrogen-bond donors (Lipinski definition) is 2. The summed E-state index contributed by atoms with van der Waals surface area (Å²) in [5, 5.41) is 11.8. The molecule has 2 aliphatic rings. The van der Waals surface area contributed by atoms with E-state index in [1.54, 1.807) is 0 Å². The van der Waals surface area contributed by atoms with Crippen LogP contribution in [-0.2, 0) is 14.3 Å². The van der Waals surface area contributed by atoms with E-state index in [4.69, 9.17) is 9.84 Å². The largest absolute Gasteiger partial charge is 0.480 e. The van der Waals surface area contributed by atoms with Gasteiger partial charge in [0.1, 0.15) is 5.41 Å². The van der Waals surface area contributed by atoms with Crippen LogP contribution in [0.15, 0.2) is 0 Å². The Labute approximate surface area is 106 Å². The highest BCUT2D eigenvalue weighted by molar-refractivity contribution is 6.04. The van der Waals surface area contributed by atoms with Gasteiger partial charge in [-0.15, -0.1) is 0 Å². The molecule has 1 aliphatic heterocycles. The van der Waals surface area contributed by atoms with Crippen LogP contribution in [0.5, 0.6) is 0 Å². The summed E-state index contributed by atoms with van der Waals surface area (Å²) in [6, 6.07) is -0.0348. The van der Waals surface area contributed by atoms with E-state index >= 15 is 0 Å². The Balaban J connectivity index is 1.78. The Bertz CT molecular complexity index is 335. The number of hydrogen-bond acceptors (Lipinski definition) is 4. The summed E-state index contributed by atoms with van der Waals surface area (Å²) in [7, 11) is 0. The minimum absolute atomic E-state index is 0.0348. The van der Waals surface area contributed by atoms with Gasteiger partial charge in [0, 0.05) is 25.7 Å². The molecule has 1 saturated carbocycles. The lowest BCUT2D eigenvalue weighted by Crippen LogP contribution is -2.48. The van der Waals surface area contributed by atoms with E-state index in [2.05, 4.69) is 10.2 Å². The van der Waals surface area contributed by atoms with Gasteiger partial charge in [-0.1, -0.05) is 0 Å². The first-order chi connectivity index (χ1) is 8.54. The summed E-state index contributed by atoms with van der Waals surface area (Å²) >= 11 is 0. The first-order valence-electron chi connectivity index (χ1n) is 6.39. The molecule has 1 aliphatic carbocycles. The van der Waals surface area contributed by atoms with Crippen LogP contribution < -0.4 is 5.32 Å². The number of aliphatic carboxylic acids is 1. The van der Waals surface area contributed by atoms with Gasteiger partial charge in [0.2, 0.25) is 5.91 Å². The third-order valence-electron chi connectivity index (χ3n) is 3.61. The van der Waals surface area contributed by atoms with Crippen LogP contribution in [0.3, 0.4) is 0 Å². The van der Waals surface area contributed by atoms with E-state index in [1.807, 2.05) is 6.92 Å². The molecule has 1 amide bonds. The molecule has 2 rings (SSSR count). The van der Waals surface area contributed by atoms with Gasteiger partial charge >= 0.3 is 5.97 Å². The topological polar surface area (TPSA) is 78.9 Å². The predicted octanol–water partition coefficient (Wildman–Crippen LogP) is -0.312. The number of carbonyl (C=O) groups is 2. The van der Waals surface area contributed by atoms with Crippen molar-refractivity contribution in [1.82, 2.24) is 10.2 Å². The fourth-order valence-electron chi connectivity index (χ4n) is 2.24. The summed E-state index contributed by atoms with van der Waals surface area (Å²) in [6.45, 7) is 5.82. The molecule has 2 N–H and O–H groups in total. The second kappa shape index (κ2) is 5.24. The van der Waals surface area contributed by atoms with Crippen molar-refractivity contribution in [1.29, 1.82) is 0 Å². The quantitative estimate of drug-likeness (QED) is 0.660. The van der Waals surface area contributed by atoms with Crippen molar-refractivity contribution in [2.45, 2.75) is 25.8 Å². The average molecular weight is 256 g/mol. The maximum Gasteiger partial charge on any atom is 0.319 e. The third-order valence-corrected chi connectivity index (χ3v) is 3.61. The number of nitrogens with one attached hydrogen (secondary N) is 1. The number of nitrogens with zero attached hydrogens (tertiary/aromatic N) is 1. The van der Waals surface area contributed by atoms with Crippen LogP contribution in [0.1, 0.15) is 19.8 Å². The van der Waals surface area contributed by atoms with E-state index in [1.165, 1.54) is 0 Å². The molecule has 1 atom stereocenters. The Kier molecular flexibility index (Phi) is 3.87. The molecule has 0 aromatic heterocycles. The van der Waals surface area contributed by atoms with Crippen LogP contribution in [-0.4, -0.2) is 60.8 Å². The van der Waals surface area contributed by atoms with Crippen molar-refractivity contribution in [3.8, 4) is 0 Å². The molecule has 0 aromatic rings. The summed E-state index contributed by atoms with van der Waals surface area (Å²) in [4.78, 5) is 25.1. The van der Waals surface area contributed by atoms with Crippen molar-refractivity contribution in [2.24, 2.45) is 5.41 Å². The fourth-order valence-corrected chi connectivity index (χ4v) is 2.24. The Hall–Kier alpha value is -1.14. The van der Waals surface area contributed by atoms with Gasteiger partial charge in [-0.05, 0) is 19.8 Å². The van der Waals surface area contributed by atoms with E-state index in [0.717, 1.165) is 32.8 Å². The van der Waals surface area contributed by atoms with Gasteiger partial charge < -0.3 is 15.2 Å². The number of morpholine rings is 1. The third kappa shape index (κ3) is 2.81. The van der Waals surface area contributed by atoms with E-state index in [-0.39, 0.29) is 11.9 Å². The second-order valence-corrected chi connectivity index (χ2v) is 5.17. The van der Waals surface area contributed by atoms with Gasteiger partial charge in [0.25, 0.3) is 0 Å². The van der Waals surface area contributed by atoms with Crippen LogP contribution >= 0.6 is 0 Å². The Morgan fingerprint density at radius 2 is 2.00 bits per heavy atom. The fraction of sp³-hybridized carbons (Fsp3) is 0.833. The van der Waals surface area contributed by atoms with Crippen molar-refractivity contribution < 1.29 is 19.4 Å². The minimum Gasteiger partial charge on any atom is -0.480 e. The van der Waals surface area contributed by atoms with Crippen molar-refractivity contribution >= 4 is 11.9 Å². The molecule has 1 heterocycles. The molecule has 1 unspecified atom stereocenters. The molecule has 102 valence electrons. The van der Waals surface area contributed by atoms with Gasteiger partial charge in [-0.25, -0.2) is 0 Å². The number of carbonyl (C=O) groups excluding carboxylic acids is 1. The van der Waals surface area contributed by atoms with Gasteiger partial charge in [0.05, 0.1) is 13.2 Å². The van der Waals surface area contributed by atoms with Crippen molar-refractivity contribution in [3.05, 3.63) is 0 Å². The summed E-state index contributed by atoms with van der Waals surface area (Å²) in [5.74, 6) is -1.34. The molecule has 2 fully saturated rings. The highest BCUT2D eigenvalue weighted by atomic mass is 16.5. The maximum absolute atomic E-state index is 11.9. The Morgan fingerprint density at radius 1 is 1.39 bits per heavy atom. The van der Waals surface area contributed by atoms with E-state index < -0.39 is 11.4 Å². The maximum atomic E-state index is 11.9. The number of rotatable bonds is 5. The van der Waals surface area contributed by atoms with Gasteiger partial charge in [0.15, 0.2) is 0 Å². The first kappa shape index (κ1) is 13.3. The standard InChI is InChI=1S/C12H20N2O4/c1-9(8-14-4-6-18-7-5-14)13-10(15)12(2-3-12)11(16)17/h9H,2-8H2,1H3,(H,13,15)(H,16,17). The summed E-state index contributed by atoms with van der Waals surface area (Å²) in [6.07, 6.45) is 0.914. The van der Waals surface area contributed by atoms with Crippen LogP contribution in [0.4, 0.5) is 0 Å². The molecule has 18 heavy (non-hydrogen) atoms. The molecule has 6 nitrogen and oxygen atoms in total. The second-order valence-electron chi connectivity index (χ2n) is 5.17. The molecular weight excluding hydrogens is 236 g/mol. The van der Waals surface area contributed by atoms with E-state index in [0.29, 0.717) is 12.8 Å². The monoisotopic (exact) mass is 256 g/mol. The summed E-state index contributed by atoms with van der Waals surface area (Å²) in [5.41, 5.74) is -1.14. The SMILES string of the molecule is CC(CN1CCOCC1)NC(=O)C1(C(=O)O)CC1. The zero-order chi connectivity index (χ0) is 13.2. The number of ether oxygens (including phenoxy) is 1. The molecule has 1 saturated heterocycles. The van der Waals surface area contributed by atoms with Crippen LogP contribution in [0, 0.1) is 5.41 Å². The lowest BCUT2D eigenvalue weighted by Gasteiger charge is -2.29. The lowest BCUT2D eigenvalue weighted by molar-refractivity contribution is -0.149. The zero-order valence-corrected chi connectivity index (χ0v) is 10.6. The van der Waals surface area contributed by atoms with Gasteiger partial charge in [-0.3, -0.25) is 14.5 Å². The number of carboxylic acid groups (broad SMARTS) is 1. The number of carboxylic acids is 1. The smallest absolute Gasteiger partial charge is 0.319 e. The van der Waals surface area contributed by atoms with Crippen LogP contribution in [0.2, 0.25) is 0 Å². The predicted molar refractivity (Wildman–Crippen MR) is 64.2 cm³/mol. The molecule has 0 radical (unpaired) electrons. The molecule has 0 bridgehead atoms. The van der Waals surface area contributed by atoms with Gasteiger partial charge in [-0.2, -0.15) is 0 Å². The normalized spacial score (nSPS) is 24.3. The molecule has 0 spiro atoms. The Morgan fingerprint density at radius 3 is 2.50 bits per heavy atom. The first-order valence-corrected chi connectivity index (χ1v) is 6.39. The highest BCUT2D eigenvalue weighted by Gasteiger charge is 2.57. The van der Waals surface area contributed by atoms with E-state index in [9.17, 15) is 9.59 Å². The molecule has 6 heteroatoms. The lowest BCUT2D eigenvalue weighted by atomic mass is 10.1. The van der Waals surface area contributed by atoms with Crippen molar-refractivity contribution in [2.75, 3.05) is 32.8 Å².